The molecule has 0 fully saturated rings. The Kier molecular flexibility index (Phi) is 3.59. The lowest BCUT2D eigenvalue weighted by atomic mass is 10.1. The summed E-state index contributed by atoms with van der Waals surface area (Å²) in [5, 5.41) is 6.39. The van der Waals surface area contributed by atoms with Crippen LogP contribution in [0.1, 0.15) is 19.0 Å². The lowest BCUT2D eigenvalue weighted by Gasteiger charge is -2.09. The van der Waals surface area contributed by atoms with Crippen molar-refractivity contribution in [2.75, 3.05) is 0 Å². The Bertz CT molecular complexity index is 698. The first-order valence-corrected chi connectivity index (χ1v) is 8.05. The molecule has 5 nitrogen and oxygen atoms in total. The van der Waals surface area contributed by atoms with Crippen molar-refractivity contribution in [2.45, 2.75) is 25.8 Å². The fourth-order valence-corrected chi connectivity index (χ4v) is 3.12. The zero-order valence-electron chi connectivity index (χ0n) is 10.5. The van der Waals surface area contributed by atoms with E-state index in [2.05, 4.69) is 44.0 Å². The van der Waals surface area contributed by atoms with Crippen LogP contribution in [0.4, 0.5) is 0 Å². The number of hydrogen-bond acceptors (Lipinski definition) is 4. The molecule has 0 amide bonds. The van der Waals surface area contributed by atoms with Crippen LogP contribution in [0.5, 0.6) is 0 Å². The van der Waals surface area contributed by atoms with Gasteiger partial charge < -0.3 is 5.73 Å². The van der Waals surface area contributed by atoms with E-state index in [1.807, 2.05) is 28.7 Å². The summed E-state index contributed by atoms with van der Waals surface area (Å²) in [6.07, 6.45) is 7.61. The monoisotopic (exact) mass is 387 g/mol. The second kappa shape index (κ2) is 5.22. The summed E-state index contributed by atoms with van der Waals surface area (Å²) in [6, 6.07) is 0.146. The summed E-state index contributed by atoms with van der Waals surface area (Å²) < 4.78 is 5.04. The Balaban J connectivity index is 2.12. The van der Waals surface area contributed by atoms with E-state index in [0.29, 0.717) is 0 Å². The molecule has 0 radical (unpaired) electrons. The summed E-state index contributed by atoms with van der Waals surface area (Å²) in [6.45, 7) is 2.10. The lowest BCUT2D eigenvalue weighted by molar-refractivity contribution is 0.629. The number of imidazole rings is 1. The molecule has 3 aromatic rings. The Labute approximate surface area is 128 Å². The average molecular weight is 387 g/mol. The number of thiazole rings is 1. The van der Waals surface area contributed by atoms with Crippen molar-refractivity contribution in [3.63, 3.8) is 0 Å². The molecule has 100 valence electrons. The van der Waals surface area contributed by atoms with Gasteiger partial charge in [-0.05, 0) is 29.0 Å². The molecule has 2 N–H and O–H groups in total. The highest BCUT2D eigenvalue weighted by Gasteiger charge is 2.17. The molecule has 3 heterocycles. The van der Waals surface area contributed by atoms with E-state index in [-0.39, 0.29) is 6.04 Å². The van der Waals surface area contributed by atoms with Crippen molar-refractivity contribution in [3.05, 3.63) is 33.2 Å². The maximum Gasteiger partial charge on any atom is 0.195 e. The van der Waals surface area contributed by atoms with Crippen LogP contribution in [0.2, 0.25) is 0 Å². The largest absolute Gasteiger partial charge is 0.327 e. The van der Waals surface area contributed by atoms with Crippen LogP contribution in [0.25, 0.3) is 10.8 Å². The van der Waals surface area contributed by atoms with E-state index in [1.54, 1.807) is 11.3 Å². The molecule has 7 heteroatoms. The molecular formula is C12H14IN5S. The van der Waals surface area contributed by atoms with E-state index in [1.165, 1.54) is 0 Å². The predicted molar refractivity (Wildman–Crippen MR) is 84.9 cm³/mol. The van der Waals surface area contributed by atoms with Gasteiger partial charge in [0.15, 0.2) is 10.8 Å². The van der Waals surface area contributed by atoms with E-state index in [0.717, 1.165) is 32.9 Å². The number of hydrogen-bond donors (Lipinski definition) is 1. The van der Waals surface area contributed by atoms with Gasteiger partial charge in [0.05, 0.1) is 15.5 Å². The first kappa shape index (κ1) is 13.1. The van der Waals surface area contributed by atoms with Gasteiger partial charge in [-0.1, -0.05) is 6.92 Å². The third-order valence-corrected chi connectivity index (χ3v) is 4.40. The highest BCUT2D eigenvalue weighted by atomic mass is 127. The van der Waals surface area contributed by atoms with Crippen LogP contribution in [-0.4, -0.2) is 25.2 Å². The molecule has 3 aromatic heterocycles. The van der Waals surface area contributed by atoms with Crippen molar-refractivity contribution in [2.24, 2.45) is 5.73 Å². The zero-order chi connectivity index (χ0) is 13.4. The number of halogens is 1. The smallest absolute Gasteiger partial charge is 0.195 e. The Morgan fingerprint density at radius 3 is 3.05 bits per heavy atom. The first-order chi connectivity index (χ1) is 9.19. The van der Waals surface area contributed by atoms with Gasteiger partial charge in [0, 0.05) is 30.2 Å². The standard InChI is InChI=1S/C12H14IN5S/c1-2-9(14)5-10-11(18-7-8(13)6-15-18)16-12-17(10)3-4-19-12/h3-4,6-7,9H,2,5,14H2,1H3. The molecule has 0 bridgehead atoms. The third-order valence-electron chi connectivity index (χ3n) is 3.09. The fourth-order valence-electron chi connectivity index (χ4n) is 2.00. The number of nitrogens with zero attached hydrogens (tertiary/aromatic N) is 4. The molecule has 0 spiro atoms. The number of aromatic nitrogens is 4. The van der Waals surface area contributed by atoms with Crippen LogP contribution in [0.15, 0.2) is 24.0 Å². The van der Waals surface area contributed by atoms with Crippen LogP contribution in [-0.2, 0) is 6.42 Å². The van der Waals surface area contributed by atoms with Crippen molar-refractivity contribution in [1.82, 2.24) is 19.2 Å². The Hall–Kier alpha value is -0.930. The zero-order valence-corrected chi connectivity index (χ0v) is 13.4. The van der Waals surface area contributed by atoms with Crippen molar-refractivity contribution < 1.29 is 0 Å². The van der Waals surface area contributed by atoms with Crippen LogP contribution >= 0.6 is 33.9 Å². The van der Waals surface area contributed by atoms with E-state index in [9.17, 15) is 0 Å². The maximum atomic E-state index is 6.11. The number of rotatable bonds is 4. The summed E-state index contributed by atoms with van der Waals surface area (Å²) in [4.78, 5) is 5.65. The van der Waals surface area contributed by atoms with Gasteiger partial charge in [0.25, 0.3) is 0 Å². The summed E-state index contributed by atoms with van der Waals surface area (Å²) in [7, 11) is 0. The minimum Gasteiger partial charge on any atom is -0.327 e. The minimum atomic E-state index is 0.146. The quantitative estimate of drug-likeness (QED) is 0.700. The Morgan fingerprint density at radius 1 is 1.53 bits per heavy atom. The SMILES string of the molecule is CCC(N)Cc1c(-n2cc(I)cn2)nc2sccn12. The second-order valence-corrected chi connectivity index (χ2v) is 6.53. The predicted octanol–water partition coefficient (Wildman–Crippen LogP) is 2.47. The van der Waals surface area contributed by atoms with Gasteiger partial charge in [-0.25, -0.2) is 4.68 Å². The minimum absolute atomic E-state index is 0.146. The number of fused-ring (bicyclic) bond motifs is 1. The van der Waals surface area contributed by atoms with Gasteiger partial charge in [-0.15, -0.1) is 11.3 Å². The highest BCUT2D eigenvalue weighted by molar-refractivity contribution is 14.1. The van der Waals surface area contributed by atoms with Gasteiger partial charge in [0.1, 0.15) is 0 Å². The van der Waals surface area contributed by atoms with E-state index >= 15 is 0 Å². The molecular weight excluding hydrogens is 373 g/mol. The molecule has 0 aliphatic rings. The highest BCUT2D eigenvalue weighted by Crippen LogP contribution is 2.22. The molecule has 19 heavy (non-hydrogen) atoms. The number of nitrogens with two attached hydrogens (primary N) is 1. The normalized spacial score (nSPS) is 13.2. The van der Waals surface area contributed by atoms with Crippen molar-refractivity contribution >= 4 is 38.9 Å². The first-order valence-electron chi connectivity index (χ1n) is 6.09. The van der Waals surface area contributed by atoms with Crippen LogP contribution in [0.3, 0.4) is 0 Å². The summed E-state index contributed by atoms with van der Waals surface area (Å²) >= 11 is 3.88. The van der Waals surface area contributed by atoms with Crippen molar-refractivity contribution in [3.8, 4) is 5.82 Å². The van der Waals surface area contributed by atoms with Gasteiger partial charge in [0.2, 0.25) is 0 Å². The van der Waals surface area contributed by atoms with E-state index in [4.69, 9.17) is 5.73 Å². The topological polar surface area (TPSA) is 61.1 Å². The Morgan fingerprint density at radius 2 is 2.37 bits per heavy atom. The molecule has 1 unspecified atom stereocenters. The van der Waals surface area contributed by atoms with E-state index < -0.39 is 0 Å². The molecule has 1 atom stereocenters. The summed E-state index contributed by atoms with van der Waals surface area (Å²) in [5.41, 5.74) is 7.24. The molecule has 0 aromatic carbocycles. The average Bonchev–Trinajstić information content (AvgIpc) is 3.06. The van der Waals surface area contributed by atoms with Gasteiger partial charge in [-0.3, -0.25) is 4.40 Å². The van der Waals surface area contributed by atoms with Crippen LogP contribution in [0, 0.1) is 3.57 Å². The molecule has 3 rings (SSSR count). The lowest BCUT2D eigenvalue weighted by Crippen LogP contribution is -2.23. The molecule has 0 saturated heterocycles. The summed E-state index contributed by atoms with van der Waals surface area (Å²) in [5.74, 6) is 0.888. The molecule has 0 aliphatic heterocycles. The fraction of sp³-hybridized carbons (Fsp3) is 0.333. The van der Waals surface area contributed by atoms with Crippen LogP contribution < -0.4 is 5.73 Å². The van der Waals surface area contributed by atoms with Gasteiger partial charge >= 0.3 is 0 Å². The van der Waals surface area contributed by atoms with Gasteiger partial charge in [-0.2, -0.15) is 10.1 Å². The third kappa shape index (κ3) is 2.41. The second-order valence-electron chi connectivity index (χ2n) is 4.41. The molecule has 0 aliphatic carbocycles. The molecule has 0 saturated carbocycles. The van der Waals surface area contributed by atoms with Crippen molar-refractivity contribution in [1.29, 1.82) is 0 Å². The maximum absolute atomic E-state index is 6.11.